The molecule has 1 aliphatic rings. The number of hydroxylamine groups is 1. The van der Waals surface area contributed by atoms with E-state index in [1.165, 1.54) is 18.4 Å². The number of thiophene rings is 1. The molecule has 5 N–H and O–H groups in total. The van der Waals surface area contributed by atoms with Crippen LogP contribution in [0.15, 0.2) is 36.4 Å². The van der Waals surface area contributed by atoms with Gasteiger partial charge in [0.15, 0.2) is 9.84 Å². The number of hydrogen-bond acceptors (Lipinski definition) is 8. The molecule has 33 heavy (non-hydrogen) atoms. The average Bonchev–Trinajstić information content (AvgIpc) is 3.26. The Bertz CT molecular complexity index is 1090. The zero-order valence-electron chi connectivity index (χ0n) is 18.1. The van der Waals surface area contributed by atoms with E-state index in [4.69, 9.17) is 15.7 Å². The largest absolute Gasteiger partial charge is 0.383 e. The fourth-order valence-corrected chi connectivity index (χ4v) is 7.67. The molecular formula is C21H28ClN3O6S2. The SMILES string of the molecule is COC[C@H](N)C(=O)Nc1cccc(-c2ccc([C@@]3(CC(=O)NO)CCCCS3(=O)=O)s2)c1.Cl. The molecule has 1 saturated heterocycles. The molecule has 1 aliphatic heterocycles. The second-order valence-electron chi connectivity index (χ2n) is 7.78. The Kier molecular flexibility index (Phi) is 9.41. The zero-order chi connectivity index (χ0) is 23.4. The number of halogens is 1. The van der Waals surface area contributed by atoms with E-state index in [1.54, 1.807) is 35.8 Å². The normalized spacial score (nSPS) is 20.3. The summed E-state index contributed by atoms with van der Waals surface area (Å²) >= 11 is 1.29. The number of anilines is 1. The number of methoxy groups -OCH3 is 1. The Morgan fingerprint density at radius 1 is 1.27 bits per heavy atom. The molecule has 1 aromatic carbocycles. The van der Waals surface area contributed by atoms with Gasteiger partial charge in [0.05, 0.1) is 18.8 Å². The Hall–Kier alpha value is -2.02. The highest BCUT2D eigenvalue weighted by Crippen LogP contribution is 2.47. The molecule has 0 bridgehead atoms. The van der Waals surface area contributed by atoms with E-state index in [-0.39, 0.29) is 37.1 Å². The van der Waals surface area contributed by atoms with Crippen LogP contribution in [0.25, 0.3) is 10.4 Å². The number of nitrogens with one attached hydrogen (secondary N) is 2. The van der Waals surface area contributed by atoms with Gasteiger partial charge in [-0.3, -0.25) is 14.8 Å². The van der Waals surface area contributed by atoms with Crippen molar-refractivity contribution in [1.29, 1.82) is 0 Å². The molecule has 2 heterocycles. The predicted octanol–water partition coefficient (Wildman–Crippen LogP) is 2.44. The number of hydrogen-bond donors (Lipinski definition) is 4. The van der Waals surface area contributed by atoms with Crippen LogP contribution in [0.2, 0.25) is 0 Å². The molecule has 1 fully saturated rings. The lowest BCUT2D eigenvalue weighted by Gasteiger charge is -2.35. The van der Waals surface area contributed by atoms with Gasteiger partial charge in [-0.2, -0.15) is 0 Å². The molecule has 2 aromatic rings. The van der Waals surface area contributed by atoms with Gasteiger partial charge >= 0.3 is 0 Å². The van der Waals surface area contributed by atoms with Gasteiger partial charge in [-0.15, -0.1) is 23.7 Å². The summed E-state index contributed by atoms with van der Waals surface area (Å²) < 4.78 is 29.7. The van der Waals surface area contributed by atoms with Gasteiger partial charge in [0.25, 0.3) is 0 Å². The number of rotatable bonds is 8. The van der Waals surface area contributed by atoms with Gasteiger partial charge in [0.1, 0.15) is 10.8 Å². The number of amides is 2. The number of carbonyl (C=O) groups is 2. The molecule has 0 aliphatic carbocycles. The van der Waals surface area contributed by atoms with Crippen molar-refractivity contribution in [3.63, 3.8) is 0 Å². The van der Waals surface area contributed by atoms with Gasteiger partial charge in [-0.25, -0.2) is 13.9 Å². The van der Waals surface area contributed by atoms with E-state index in [2.05, 4.69) is 5.32 Å². The van der Waals surface area contributed by atoms with Crippen LogP contribution in [0.3, 0.4) is 0 Å². The lowest BCUT2D eigenvalue weighted by molar-refractivity contribution is -0.130. The van der Waals surface area contributed by atoms with Crippen LogP contribution in [-0.2, 0) is 28.9 Å². The molecule has 0 saturated carbocycles. The summed E-state index contributed by atoms with van der Waals surface area (Å²) in [5, 5.41) is 11.8. The first-order chi connectivity index (χ1) is 15.2. The maximum atomic E-state index is 13.1. The van der Waals surface area contributed by atoms with Crippen LogP contribution in [0.1, 0.15) is 30.6 Å². The lowest BCUT2D eigenvalue weighted by Crippen LogP contribution is -2.43. The summed E-state index contributed by atoms with van der Waals surface area (Å²) in [5.41, 5.74) is 8.66. The Morgan fingerprint density at radius 3 is 2.70 bits per heavy atom. The van der Waals surface area contributed by atoms with Gasteiger partial charge in [0, 0.05) is 22.6 Å². The standard InChI is InChI=1S/C21H27N3O6S2.ClH/c1-30-13-16(22)20(26)23-15-6-4-5-14(11-15)17-7-8-18(31-17)21(12-19(25)24-27)9-2-3-10-32(21,28)29;/h4-8,11,16,27H,2-3,9-10,12-13,22H2,1H3,(H,23,26)(H,24,25);1H/t16-,21-;/m0./s1. The smallest absolute Gasteiger partial charge is 0.245 e. The second kappa shape index (κ2) is 11.4. The monoisotopic (exact) mass is 517 g/mol. The third kappa shape index (κ3) is 5.92. The number of nitrogens with two attached hydrogens (primary N) is 1. The molecule has 12 heteroatoms. The highest BCUT2D eigenvalue weighted by atomic mass is 35.5. The summed E-state index contributed by atoms with van der Waals surface area (Å²) in [6.45, 7) is 0.0950. The highest BCUT2D eigenvalue weighted by Gasteiger charge is 2.49. The van der Waals surface area contributed by atoms with E-state index in [1.807, 2.05) is 6.07 Å². The summed E-state index contributed by atoms with van der Waals surface area (Å²) in [4.78, 5) is 25.5. The first-order valence-electron chi connectivity index (χ1n) is 10.1. The molecular weight excluding hydrogens is 490 g/mol. The van der Waals surface area contributed by atoms with Crippen LogP contribution in [0.4, 0.5) is 5.69 Å². The van der Waals surface area contributed by atoms with Crippen LogP contribution in [-0.4, -0.2) is 51.0 Å². The van der Waals surface area contributed by atoms with Crippen LogP contribution in [0.5, 0.6) is 0 Å². The highest BCUT2D eigenvalue weighted by molar-refractivity contribution is 7.92. The van der Waals surface area contributed by atoms with Gasteiger partial charge in [-0.05, 0) is 42.7 Å². The summed E-state index contributed by atoms with van der Waals surface area (Å²) in [6.07, 6.45) is 1.21. The average molecular weight is 518 g/mol. The van der Waals surface area contributed by atoms with E-state index >= 15 is 0 Å². The minimum Gasteiger partial charge on any atom is -0.383 e. The zero-order valence-corrected chi connectivity index (χ0v) is 20.5. The Morgan fingerprint density at radius 2 is 2.03 bits per heavy atom. The summed E-state index contributed by atoms with van der Waals surface area (Å²) in [7, 11) is -2.13. The van der Waals surface area contributed by atoms with Crippen molar-refractivity contribution < 1.29 is 28.0 Å². The molecule has 2 atom stereocenters. The van der Waals surface area contributed by atoms with E-state index in [0.717, 1.165) is 10.4 Å². The lowest BCUT2D eigenvalue weighted by atomic mass is 9.94. The van der Waals surface area contributed by atoms with Crippen molar-refractivity contribution in [2.24, 2.45) is 5.73 Å². The quantitative estimate of drug-likeness (QED) is 0.310. The molecule has 2 amide bonds. The third-order valence-corrected chi connectivity index (χ3v) is 9.62. The maximum absolute atomic E-state index is 13.1. The summed E-state index contributed by atoms with van der Waals surface area (Å²) in [5.74, 6) is -1.11. The number of benzene rings is 1. The van der Waals surface area contributed by atoms with Crippen molar-refractivity contribution in [3.8, 4) is 10.4 Å². The number of carbonyl (C=O) groups excluding carboxylic acids is 2. The third-order valence-electron chi connectivity index (χ3n) is 5.56. The molecule has 0 spiro atoms. The van der Waals surface area contributed by atoms with Gasteiger partial charge < -0.3 is 15.8 Å². The minimum atomic E-state index is -3.60. The number of ether oxygens (including phenoxy) is 1. The first kappa shape index (κ1) is 27.2. The number of sulfone groups is 1. The first-order valence-corrected chi connectivity index (χ1v) is 12.6. The van der Waals surface area contributed by atoms with Crippen molar-refractivity contribution >= 4 is 51.1 Å². The summed E-state index contributed by atoms with van der Waals surface area (Å²) in [6, 6.07) is 9.87. The van der Waals surface area contributed by atoms with Gasteiger partial charge in [-0.1, -0.05) is 18.6 Å². The fraction of sp³-hybridized carbons (Fsp3) is 0.429. The van der Waals surface area contributed by atoms with Gasteiger partial charge in [0.2, 0.25) is 11.8 Å². The van der Waals surface area contributed by atoms with E-state index in [9.17, 15) is 18.0 Å². The fourth-order valence-electron chi connectivity index (χ4n) is 3.89. The molecule has 182 valence electrons. The Balaban J connectivity index is 0.00000385. The van der Waals surface area contributed by atoms with E-state index in [0.29, 0.717) is 29.8 Å². The van der Waals surface area contributed by atoms with Crippen molar-refractivity contribution in [2.45, 2.75) is 36.5 Å². The van der Waals surface area contributed by atoms with Crippen LogP contribution in [0, 0.1) is 0 Å². The molecule has 1 aromatic heterocycles. The topological polar surface area (TPSA) is 148 Å². The maximum Gasteiger partial charge on any atom is 0.245 e. The van der Waals surface area contributed by atoms with E-state index < -0.39 is 26.5 Å². The molecule has 0 radical (unpaired) electrons. The Labute approximate surface area is 203 Å². The molecule has 0 unspecified atom stereocenters. The molecule has 3 rings (SSSR count). The predicted molar refractivity (Wildman–Crippen MR) is 129 cm³/mol. The molecule has 9 nitrogen and oxygen atoms in total. The van der Waals surface area contributed by atoms with Crippen LogP contribution >= 0.6 is 23.7 Å². The van der Waals surface area contributed by atoms with Crippen molar-refractivity contribution in [1.82, 2.24) is 5.48 Å². The minimum absolute atomic E-state index is 0. The van der Waals surface area contributed by atoms with Crippen molar-refractivity contribution in [3.05, 3.63) is 41.3 Å². The van der Waals surface area contributed by atoms with Crippen LogP contribution < -0.4 is 16.5 Å². The van der Waals surface area contributed by atoms with Crippen molar-refractivity contribution in [2.75, 3.05) is 24.8 Å². The second-order valence-corrected chi connectivity index (χ2v) is 11.3.